The van der Waals surface area contributed by atoms with Gasteiger partial charge in [-0.25, -0.2) is 16.8 Å². The van der Waals surface area contributed by atoms with E-state index in [0.29, 0.717) is 18.1 Å². The second kappa shape index (κ2) is 10.8. The largest absolute Gasteiger partial charge is 0.485 e. The number of ether oxygens (including phenoxy) is 2. The molecule has 13 heteroatoms. The molecule has 2 aromatic rings. The molecule has 0 saturated carbocycles. The molecule has 0 bridgehead atoms. The zero-order chi connectivity index (χ0) is 28.5. The molecule has 38 heavy (non-hydrogen) atoms. The van der Waals surface area contributed by atoms with Crippen molar-refractivity contribution in [2.24, 2.45) is 0 Å². The molecule has 0 aromatic heterocycles. The topological polar surface area (TPSA) is 107 Å². The Balaban J connectivity index is 2.06. The van der Waals surface area contributed by atoms with Gasteiger partial charge in [0.1, 0.15) is 17.5 Å². The van der Waals surface area contributed by atoms with Crippen LogP contribution < -0.4 is 9.04 Å². The summed E-state index contributed by atoms with van der Waals surface area (Å²) in [5.41, 5.74) is -1.53. The van der Waals surface area contributed by atoms with Crippen LogP contribution in [-0.4, -0.2) is 52.6 Å². The van der Waals surface area contributed by atoms with E-state index in [1.54, 1.807) is 27.7 Å². The molecule has 0 N–H and O–H groups in total. The third kappa shape index (κ3) is 7.40. The highest BCUT2D eigenvalue weighted by molar-refractivity contribution is 7.93. The van der Waals surface area contributed by atoms with Gasteiger partial charge in [0.2, 0.25) is 0 Å². The van der Waals surface area contributed by atoms with E-state index in [1.165, 1.54) is 18.2 Å². The van der Waals surface area contributed by atoms with Crippen molar-refractivity contribution in [3.05, 3.63) is 53.6 Å². The van der Waals surface area contributed by atoms with Crippen LogP contribution in [0.3, 0.4) is 0 Å². The van der Waals surface area contributed by atoms with Crippen molar-refractivity contribution in [2.75, 3.05) is 22.4 Å². The van der Waals surface area contributed by atoms with Crippen LogP contribution in [0.15, 0.2) is 47.4 Å². The number of hydrogen-bond acceptors (Lipinski definition) is 7. The van der Waals surface area contributed by atoms with Gasteiger partial charge in [-0.1, -0.05) is 19.1 Å². The lowest BCUT2D eigenvalue weighted by Crippen LogP contribution is -2.46. The monoisotopic (exact) mass is 577 g/mol. The molecule has 0 unspecified atom stereocenters. The number of anilines is 1. The lowest BCUT2D eigenvalue weighted by molar-refractivity contribution is -0.153. The zero-order valence-electron chi connectivity index (χ0n) is 21.4. The summed E-state index contributed by atoms with van der Waals surface area (Å²) in [6.45, 7) is 6.32. The summed E-state index contributed by atoms with van der Waals surface area (Å²) in [7, 11) is -8.18. The van der Waals surface area contributed by atoms with Gasteiger partial charge in [-0.2, -0.15) is 13.2 Å². The first-order valence-electron chi connectivity index (χ1n) is 11.8. The first-order valence-corrected chi connectivity index (χ1v) is 15.1. The van der Waals surface area contributed by atoms with Crippen molar-refractivity contribution in [2.45, 2.75) is 63.3 Å². The molecule has 0 fully saturated rings. The Bertz CT molecular complexity index is 1400. The highest BCUT2D eigenvalue weighted by atomic mass is 32.2. The molecule has 1 atom stereocenters. The Labute approximate surface area is 220 Å². The van der Waals surface area contributed by atoms with Crippen LogP contribution in [-0.2, 0) is 42.0 Å². The second-order valence-corrected chi connectivity index (χ2v) is 14.1. The summed E-state index contributed by atoms with van der Waals surface area (Å²) >= 11 is 0. The fraction of sp³-hybridized carbons (Fsp3) is 0.480. The lowest BCUT2D eigenvalue weighted by Gasteiger charge is -2.35. The Hall–Kier alpha value is -2.80. The van der Waals surface area contributed by atoms with Crippen molar-refractivity contribution in [3.63, 3.8) is 0 Å². The summed E-state index contributed by atoms with van der Waals surface area (Å²) in [5.74, 6) is -1.15. The fourth-order valence-corrected chi connectivity index (χ4v) is 7.04. The minimum absolute atomic E-state index is 0.0207. The number of halogens is 3. The van der Waals surface area contributed by atoms with Gasteiger partial charge in [-0.05, 0) is 63.1 Å². The number of esters is 1. The third-order valence-electron chi connectivity index (χ3n) is 5.43. The Morgan fingerprint density at radius 2 is 1.76 bits per heavy atom. The number of fused-ring (bicyclic) bond motifs is 1. The summed E-state index contributed by atoms with van der Waals surface area (Å²) in [6, 6.07) is 7.60. The summed E-state index contributed by atoms with van der Waals surface area (Å²) in [5, 5.41) is 0. The highest BCUT2D eigenvalue weighted by Crippen LogP contribution is 2.39. The van der Waals surface area contributed by atoms with Crippen LogP contribution in [0.4, 0.5) is 18.9 Å². The smallest absolute Gasteiger partial charge is 0.416 e. The van der Waals surface area contributed by atoms with Gasteiger partial charge < -0.3 is 9.47 Å². The fourth-order valence-electron chi connectivity index (χ4n) is 3.96. The molecule has 1 aliphatic rings. The van der Waals surface area contributed by atoms with Crippen LogP contribution >= 0.6 is 0 Å². The van der Waals surface area contributed by atoms with Crippen LogP contribution in [0.2, 0.25) is 0 Å². The molecular formula is C25H30F3NO7S2. The van der Waals surface area contributed by atoms with Crippen LogP contribution in [0, 0.1) is 0 Å². The molecular weight excluding hydrogens is 547 g/mol. The maximum Gasteiger partial charge on any atom is 0.416 e. The number of nitrogens with zero attached hydrogens (tertiary/aromatic N) is 1. The summed E-state index contributed by atoms with van der Waals surface area (Å²) in [6.07, 6.45) is -5.72. The number of sulfonamides is 1. The van der Waals surface area contributed by atoms with Gasteiger partial charge in [0, 0.05) is 0 Å². The number of carbonyl (C=O) groups excluding carboxylic acids is 1. The predicted octanol–water partition coefficient (Wildman–Crippen LogP) is 4.37. The number of rotatable bonds is 8. The standard InChI is InChI=1S/C25H30F3NO7S2/c1-5-11-37(31,32)16-19-15-29(38(33,34)20-8-6-7-18(14-20)25(26,27)28)21-12-17(9-10-22(21)35-19)13-23(30)36-24(2,3)4/h6-10,12,14,19H,5,11,13,15-16H2,1-4H3/t19-/m1/s1. The van der Waals surface area contributed by atoms with Crippen molar-refractivity contribution >= 4 is 31.5 Å². The lowest BCUT2D eigenvalue weighted by atomic mass is 10.1. The predicted molar refractivity (Wildman–Crippen MR) is 135 cm³/mol. The number of sulfone groups is 1. The third-order valence-corrected chi connectivity index (χ3v) is 9.11. The normalized spacial score (nSPS) is 16.5. The van der Waals surface area contributed by atoms with Gasteiger partial charge >= 0.3 is 12.1 Å². The van der Waals surface area contributed by atoms with E-state index >= 15 is 0 Å². The number of hydrogen-bond donors (Lipinski definition) is 0. The number of carbonyl (C=O) groups is 1. The van der Waals surface area contributed by atoms with Crippen LogP contribution in [0.25, 0.3) is 0 Å². The minimum Gasteiger partial charge on any atom is -0.485 e. The quantitative estimate of drug-likeness (QED) is 0.429. The average molecular weight is 578 g/mol. The van der Waals surface area contributed by atoms with Crippen LogP contribution in [0.5, 0.6) is 5.75 Å². The minimum atomic E-state index is -4.77. The molecule has 2 aromatic carbocycles. The second-order valence-electron chi connectivity index (χ2n) is 9.98. The molecule has 0 spiro atoms. The Morgan fingerprint density at radius 1 is 1.08 bits per heavy atom. The SMILES string of the molecule is CCCS(=O)(=O)C[C@H]1CN(S(=O)(=O)c2cccc(C(F)(F)F)c2)c2cc(CC(=O)OC(C)(C)C)ccc2O1. The Morgan fingerprint density at radius 3 is 2.37 bits per heavy atom. The van der Waals surface area contributed by atoms with Gasteiger partial charge in [-0.3, -0.25) is 9.10 Å². The van der Waals surface area contributed by atoms with E-state index in [1.807, 2.05) is 0 Å². The molecule has 0 saturated heterocycles. The molecule has 0 amide bonds. The molecule has 0 aliphatic carbocycles. The molecule has 210 valence electrons. The first kappa shape index (κ1) is 29.8. The van der Waals surface area contributed by atoms with E-state index in [4.69, 9.17) is 9.47 Å². The van der Waals surface area contributed by atoms with E-state index in [-0.39, 0.29) is 23.6 Å². The van der Waals surface area contributed by atoms with Crippen molar-refractivity contribution in [1.29, 1.82) is 0 Å². The van der Waals surface area contributed by atoms with Gasteiger partial charge in [-0.15, -0.1) is 0 Å². The van der Waals surface area contributed by atoms with Crippen molar-refractivity contribution in [1.82, 2.24) is 0 Å². The van der Waals surface area contributed by atoms with Gasteiger partial charge in [0.05, 0.1) is 40.6 Å². The maximum absolute atomic E-state index is 13.6. The van der Waals surface area contributed by atoms with Gasteiger partial charge in [0.15, 0.2) is 9.84 Å². The van der Waals surface area contributed by atoms with E-state index in [0.717, 1.165) is 22.5 Å². The average Bonchev–Trinajstić information content (AvgIpc) is 2.76. The molecule has 8 nitrogen and oxygen atoms in total. The summed E-state index contributed by atoms with van der Waals surface area (Å²) < 4.78 is 104. The highest BCUT2D eigenvalue weighted by Gasteiger charge is 2.38. The zero-order valence-corrected chi connectivity index (χ0v) is 23.0. The Kier molecular flexibility index (Phi) is 8.42. The number of benzene rings is 2. The van der Waals surface area contributed by atoms with E-state index in [2.05, 4.69) is 0 Å². The molecule has 3 rings (SSSR count). The molecule has 1 heterocycles. The maximum atomic E-state index is 13.6. The van der Waals surface area contributed by atoms with Crippen molar-refractivity contribution in [3.8, 4) is 5.75 Å². The van der Waals surface area contributed by atoms with Gasteiger partial charge in [0.25, 0.3) is 10.0 Å². The van der Waals surface area contributed by atoms with E-state index in [9.17, 15) is 34.8 Å². The first-order chi connectivity index (χ1) is 17.4. The van der Waals surface area contributed by atoms with E-state index < -0.39 is 66.5 Å². The molecule has 0 radical (unpaired) electrons. The molecule has 1 aliphatic heterocycles. The number of alkyl halides is 3. The summed E-state index contributed by atoms with van der Waals surface area (Å²) in [4.78, 5) is 11.7. The van der Waals surface area contributed by atoms with Crippen molar-refractivity contribution < 1.29 is 44.3 Å². The van der Waals surface area contributed by atoms with Crippen LogP contribution in [0.1, 0.15) is 45.2 Å².